The molecule has 2 heterocycles. The average molecular weight is 727 g/mol. The summed E-state index contributed by atoms with van der Waals surface area (Å²) in [5, 5.41) is 73.7. The minimum Gasteiger partial charge on any atom is -0.396 e. The minimum atomic E-state index is -1.63. The molecule has 5 aliphatic carbocycles. The number of dihydropyridines is 1. The van der Waals surface area contributed by atoms with E-state index in [-0.39, 0.29) is 55.8 Å². The quantitative estimate of drug-likeness (QED) is 0.165. The van der Waals surface area contributed by atoms with E-state index in [0.29, 0.717) is 50.0 Å². The Bertz CT molecular complexity index is 1430. The van der Waals surface area contributed by atoms with Crippen molar-refractivity contribution >= 4 is 5.78 Å². The molecule has 7 aliphatic rings. The van der Waals surface area contributed by atoms with E-state index >= 15 is 0 Å². The van der Waals surface area contributed by atoms with Gasteiger partial charge in [0.25, 0.3) is 0 Å². The summed E-state index contributed by atoms with van der Waals surface area (Å²) in [6.45, 7) is 5.89. The molecule has 10 nitrogen and oxygen atoms in total. The Kier molecular flexibility index (Phi) is 10.7. The number of ether oxygens (including phenoxy) is 1. The second-order valence-electron chi connectivity index (χ2n) is 18.4. The van der Waals surface area contributed by atoms with Gasteiger partial charge in [-0.1, -0.05) is 39.2 Å². The van der Waals surface area contributed by atoms with Crippen LogP contribution in [0.5, 0.6) is 0 Å². The monoisotopic (exact) mass is 726 g/mol. The third-order valence-electron chi connectivity index (χ3n) is 16.1. The van der Waals surface area contributed by atoms with Crippen molar-refractivity contribution in [3.63, 3.8) is 0 Å². The summed E-state index contributed by atoms with van der Waals surface area (Å²) in [5.74, 6) is -0.296. The Hall–Kier alpha value is -1.63. The molecule has 4 saturated carbocycles. The molecule has 10 heteroatoms. The lowest BCUT2D eigenvalue weighted by Crippen LogP contribution is -2.65. The van der Waals surface area contributed by atoms with Gasteiger partial charge < -0.3 is 46.4 Å². The molecule has 52 heavy (non-hydrogen) atoms. The van der Waals surface area contributed by atoms with E-state index in [0.717, 1.165) is 30.8 Å². The summed E-state index contributed by atoms with van der Waals surface area (Å²) in [7, 11) is 0. The molecule has 0 aromatic heterocycles. The minimum absolute atomic E-state index is 0.0638. The first-order valence-electron chi connectivity index (χ1n) is 20.6. The van der Waals surface area contributed by atoms with E-state index in [1.54, 1.807) is 13.0 Å². The molecule has 0 bridgehead atoms. The highest BCUT2D eigenvalue weighted by atomic mass is 16.5. The van der Waals surface area contributed by atoms with Gasteiger partial charge in [-0.15, -0.1) is 0 Å². The van der Waals surface area contributed by atoms with Crippen molar-refractivity contribution in [1.82, 2.24) is 5.32 Å². The molecule has 0 radical (unpaired) electrons. The lowest BCUT2D eigenvalue weighted by atomic mass is 9.43. The second-order valence-corrected chi connectivity index (χ2v) is 18.4. The van der Waals surface area contributed by atoms with Crippen molar-refractivity contribution in [2.75, 3.05) is 6.61 Å². The number of aliphatic hydroxyl groups is 6. The van der Waals surface area contributed by atoms with Crippen LogP contribution in [0, 0.1) is 46.3 Å². The molecular weight excluding hydrogens is 660 g/mol. The maximum atomic E-state index is 14.2. The molecule has 0 amide bonds. The zero-order valence-corrected chi connectivity index (χ0v) is 31.6. The molecule has 16 atom stereocenters. The van der Waals surface area contributed by atoms with Crippen LogP contribution in [0.1, 0.15) is 117 Å². The first kappa shape index (κ1) is 38.6. The molecule has 1 saturated heterocycles. The van der Waals surface area contributed by atoms with Gasteiger partial charge in [0.1, 0.15) is 6.10 Å². The first-order chi connectivity index (χ1) is 24.7. The summed E-state index contributed by atoms with van der Waals surface area (Å²) in [6, 6.07) is 0. The number of nitrogens with two attached hydrogens (primary N) is 1. The van der Waals surface area contributed by atoms with Crippen LogP contribution in [-0.2, 0) is 9.53 Å². The van der Waals surface area contributed by atoms with Crippen LogP contribution in [-0.4, -0.2) is 90.9 Å². The third-order valence-corrected chi connectivity index (χ3v) is 16.1. The van der Waals surface area contributed by atoms with Gasteiger partial charge in [-0.3, -0.25) is 4.79 Å². The fourth-order valence-electron chi connectivity index (χ4n) is 13.4. The molecule has 0 aromatic rings. The van der Waals surface area contributed by atoms with Gasteiger partial charge >= 0.3 is 0 Å². The van der Waals surface area contributed by atoms with E-state index in [1.165, 1.54) is 19.3 Å². The zero-order chi connectivity index (χ0) is 37.2. The summed E-state index contributed by atoms with van der Waals surface area (Å²) in [5.41, 5.74) is 2.88. The molecule has 2 aliphatic heterocycles. The first-order valence-corrected chi connectivity index (χ1v) is 20.6. The number of allylic oxidation sites excluding steroid dienone is 3. The van der Waals surface area contributed by atoms with E-state index in [4.69, 9.17) is 10.5 Å². The lowest BCUT2D eigenvalue weighted by Gasteiger charge is -2.62. The number of hydrogen-bond donors (Lipinski definition) is 8. The Morgan fingerprint density at radius 2 is 1.85 bits per heavy atom. The lowest BCUT2D eigenvalue weighted by molar-refractivity contribution is -0.206. The normalized spacial score (nSPS) is 47.5. The molecule has 9 N–H and O–H groups in total. The van der Waals surface area contributed by atoms with Crippen molar-refractivity contribution in [3.8, 4) is 0 Å². The van der Waals surface area contributed by atoms with Crippen molar-refractivity contribution < 1.29 is 40.2 Å². The summed E-state index contributed by atoms with van der Waals surface area (Å²) >= 11 is 0. The van der Waals surface area contributed by atoms with Gasteiger partial charge in [-0.2, -0.15) is 0 Å². The number of ketones is 1. The Balaban J connectivity index is 1.18. The SMILES string of the molecule is CCC[C@@H]1CC[C@H]2[C@H](C)[C@H]([C@@H](O)[C@](C)(O)[C@H]3CC[C@@]4(O)C5=CC(=O)[C@@H]6C[C@@H](O)[C@@H](O)C[C@]6(CCC6=CNC(N)C=C6)[C@H]5CC[C@]34CCO)O[C@@H]2CC1. The number of carbonyl (C=O) groups is 1. The highest BCUT2D eigenvalue weighted by Crippen LogP contribution is 2.71. The van der Waals surface area contributed by atoms with Crippen molar-refractivity contribution in [1.29, 1.82) is 0 Å². The van der Waals surface area contributed by atoms with Crippen LogP contribution in [0.2, 0.25) is 0 Å². The van der Waals surface area contributed by atoms with Gasteiger partial charge in [-0.25, -0.2) is 0 Å². The number of nitrogens with one attached hydrogen (secondary N) is 1. The predicted octanol–water partition coefficient (Wildman–Crippen LogP) is 3.76. The van der Waals surface area contributed by atoms with Crippen LogP contribution in [0.3, 0.4) is 0 Å². The van der Waals surface area contributed by atoms with Crippen LogP contribution in [0.15, 0.2) is 35.6 Å². The van der Waals surface area contributed by atoms with Crippen LogP contribution in [0.4, 0.5) is 0 Å². The molecule has 7 rings (SSSR count). The van der Waals surface area contributed by atoms with Crippen molar-refractivity contribution in [2.45, 2.75) is 165 Å². The Morgan fingerprint density at radius 1 is 1.08 bits per heavy atom. The maximum Gasteiger partial charge on any atom is 0.159 e. The molecule has 0 aromatic carbocycles. The van der Waals surface area contributed by atoms with Crippen molar-refractivity contribution in [3.05, 3.63) is 35.6 Å². The van der Waals surface area contributed by atoms with Crippen LogP contribution >= 0.6 is 0 Å². The van der Waals surface area contributed by atoms with Crippen LogP contribution < -0.4 is 11.1 Å². The van der Waals surface area contributed by atoms with Gasteiger partial charge in [-0.05, 0) is 142 Å². The van der Waals surface area contributed by atoms with Gasteiger partial charge in [0.05, 0.1) is 41.8 Å². The molecule has 0 spiro atoms. The molecule has 1 unspecified atom stereocenters. The largest absolute Gasteiger partial charge is 0.396 e. The number of rotatable bonds is 10. The van der Waals surface area contributed by atoms with Gasteiger partial charge in [0, 0.05) is 24.1 Å². The van der Waals surface area contributed by atoms with E-state index in [9.17, 15) is 35.4 Å². The summed E-state index contributed by atoms with van der Waals surface area (Å²) in [4.78, 5) is 14.2. The zero-order valence-electron chi connectivity index (χ0n) is 31.6. The predicted molar refractivity (Wildman–Crippen MR) is 197 cm³/mol. The highest BCUT2D eigenvalue weighted by Gasteiger charge is 2.71. The Morgan fingerprint density at radius 3 is 2.56 bits per heavy atom. The fourth-order valence-corrected chi connectivity index (χ4v) is 13.4. The Labute approximate surface area is 310 Å². The average Bonchev–Trinajstić information content (AvgIpc) is 3.51. The number of carbonyl (C=O) groups excluding carboxylic acids is 1. The van der Waals surface area contributed by atoms with Gasteiger partial charge in [0.15, 0.2) is 5.78 Å². The van der Waals surface area contributed by atoms with Crippen molar-refractivity contribution in [2.24, 2.45) is 52.1 Å². The number of fused-ring (bicyclic) bond motifs is 6. The second kappa shape index (κ2) is 14.5. The smallest absolute Gasteiger partial charge is 0.159 e. The highest BCUT2D eigenvalue weighted by molar-refractivity contribution is 5.95. The van der Waals surface area contributed by atoms with E-state index < -0.39 is 58.3 Å². The molecular formula is C42H66N2O8. The number of aliphatic hydroxyl groups excluding tert-OH is 4. The number of hydrogen-bond acceptors (Lipinski definition) is 10. The third kappa shape index (κ3) is 6.10. The van der Waals surface area contributed by atoms with E-state index in [1.807, 2.05) is 18.4 Å². The standard InChI is InChI=1S/C42H66N2O8/c1-4-5-25-6-9-27-24(2)37(52-34(27)10-7-25)38(49)39(3,50)35-14-17-42(51)29-20-31(46)30-21-32(47)33(48)22-40(30,15-12-26-8-11-36(43)44-23-26)28(29)13-16-41(35,42)18-19-45/h8,11,20,23-25,27-28,30,32-38,44-45,47-51H,4-7,9-10,12-19,21-22,43H2,1-3H3/t24-,25+,27-,28-,30-,32+,33-,34+,35+,36?,37+,38+,39+,40+,41-,42+/m0/s1. The summed E-state index contributed by atoms with van der Waals surface area (Å²) in [6.07, 6.45) is 13.9. The van der Waals surface area contributed by atoms with E-state index in [2.05, 4.69) is 19.2 Å². The topological polar surface area (TPSA) is 186 Å². The maximum absolute atomic E-state index is 14.2. The fraction of sp³-hybridized carbons (Fsp3) is 0.833. The molecule has 292 valence electrons. The molecule has 5 fully saturated rings. The van der Waals surface area contributed by atoms with Gasteiger partial charge in [0.2, 0.25) is 0 Å². The van der Waals surface area contributed by atoms with Crippen LogP contribution in [0.25, 0.3) is 0 Å². The summed E-state index contributed by atoms with van der Waals surface area (Å²) < 4.78 is 6.68.